The summed E-state index contributed by atoms with van der Waals surface area (Å²) in [5.74, 6) is 0. The Morgan fingerprint density at radius 3 is 1.87 bits per heavy atom. The zero-order valence-corrected chi connectivity index (χ0v) is 20.5. The molecule has 0 saturated heterocycles. The topological polar surface area (TPSA) is 32.6 Å². The van der Waals surface area contributed by atoms with Gasteiger partial charge in [-0.2, -0.15) is 0 Å². The molecule has 3 nitrogen and oxygen atoms in total. The average Bonchev–Trinajstić information content (AvgIpc) is 3.16. The average molecular weight is 422 g/mol. The maximum Gasteiger partial charge on any atom is 0.182 e. The Bertz CT molecular complexity index is 435. The number of nitrogens with zero attached hydrogens (tertiary/aromatic N) is 2. The van der Waals surface area contributed by atoms with Crippen LogP contribution in [0.1, 0.15) is 123 Å². The second-order valence-corrected chi connectivity index (χ2v) is 9.41. The molecule has 30 heavy (non-hydrogen) atoms. The summed E-state index contributed by atoms with van der Waals surface area (Å²) in [6.07, 6.45) is 30.5. The van der Waals surface area contributed by atoms with E-state index >= 15 is 0 Å². The molecule has 1 aliphatic rings. The predicted octanol–water partition coefficient (Wildman–Crippen LogP) is 7.43. The van der Waals surface area contributed by atoms with Crippen molar-refractivity contribution < 1.29 is 9.59 Å². The van der Waals surface area contributed by atoms with Crippen LogP contribution in [0.3, 0.4) is 0 Å². The molecule has 2 unspecified atom stereocenters. The minimum absolute atomic E-state index is 0.277. The lowest BCUT2D eigenvalue weighted by Gasteiger charge is -2.37. The number of aliphatic hydroxyl groups is 1. The molecule has 1 heterocycles. The van der Waals surface area contributed by atoms with E-state index in [1.165, 1.54) is 109 Å². The van der Waals surface area contributed by atoms with Crippen LogP contribution in [0.5, 0.6) is 0 Å². The van der Waals surface area contributed by atoms with Crippen molar-refractivity contribution in [3.05, 3.63) is 12.2 Å². The molecule has 0 saturated carbocycles. The van der Waals surface area contributed by atoms with Crippen molar-refractivity contribution >= 4 is 6.21 Å². The van der Waals surface area contributed by atoms with E-state index in [4.69, 9.17) is 4.99 Å². The molecule has 1 aliphatic heterocycles. The predicted molar refractivity (Wildman–Crippen MR) is 133 cm³/mol. The van der Waals surface area contributed by atoms with Crippen LogP contribution in [0.15, 0.2) is 17.1 Å². The van der Waals surface area contributed by atoms with Gasteiger partial charge < -0.3 is 5.11 Å². The number of aliphatic hydroxyl groups excluding tert-OH is 1. The lowest BCUT2D eigenvalue weighted by Crippen LogP contribution is -2.53. The number of rotatable bonds is 21. The SMILES string of the molecule is CCCCCCCCCCCC/C=C/CCCCCCC1N=CC[N+]1(CC)CCO. The molecule has 0 aromatic heterocycles. The van der Waals surface area contributed by atoms with E-state index in [2.05, 4.69) is 32.2 Å². The summed E-state index contributed by atoms with van der Waals surface area (Å²) in [6.45, 7) is 7.74. The van der Waals surface area contributed by atoms with Crippen molar-refractivity contribution in [3.8, 4) is 0 Å². The van der Waals surface area contributed by atoms with E-state index in [1.54, 1.807) is 0 Å². The van der Waals surface area contributed by atoms with Gasteiger partial charge in [-0.15, -0.1) is 0 Å². The van der Waals surface area contributed by atoms with Gasteiger partial charge in [0.15, 0.2) is 6.17 Å². The molecule has 0 radical (unpaired) electrons. The largest absolute Gasteiger partial charge is 0.391 e. The third-order valence-corrected chi connectivity index (χ3v) is 7.00. The van der Waals surface area contributed by atoms with Crippen LogP contribution in [0.2, 0.25) is 0 Å². The molecule has 1 N–H and O–H groups in total. The molecular formula is C27H53N2O+. The summed E-state index contributed by atoms with van der Waals surface area (Å²) >= 11 is 0. The number of unbranched alkanes of at least 4 members (excludes halogenated alkanes) is 14. The molecule has 0 aromatic rings. The minimum Gasteiger partial charge on any atom is -0.391 e. The molecule has 176 valence electrons. The molecule has 3 heteroatoms. The third kappa shape index (κ3) is 12.2. The maximum absolute atomic E-state index is 9.39. The molecule has 0 bridgehead atoms. The Kier molecular flexibility index (Phi) is 17.4. The van der Waals surface area contributed by atoms with Gasteiger partial charge in [-0.3, -0.25) is 4.48 Å². The van der Waals surface area contributed by atoms with Gasteiger partial charge in [0.05, 0.1) is 19.4 Å². The lowest BCUT2D eigenvalue weighted by molar-refractivity contribution is -0.936. The highest BCUT2D eigenvalue weighted by Gasteiger charge is 2.36. The van der Waals surface area contributed by atoms with E-state index in [-0.39, 0.29) is 6.61 Å². The van der Waals surface area contributed by atoms with Gasteiger partial charge in [-0.1, -0.05) is 89.7 Å². The van der Waals surface area contributed by atoms with E-state index in [0.29, 0.717) is 6.17 Å². The Labute approximate surface area is 188 Å². The smallest absolute Gasteiger partial charge is 0.182 e. The maximum atomic E-state index is 9.39. The fourth-order valence-electron chi connectivity index (χ4n) is 4.81. The fourth-order valence-corrected chi connectivity index (χ4v) is 4.81. The van der Waals surface area contributed by atoms with E-state index in [0.717, 1.165) is 24.1 Å². The Balaban J connectivity index is 1.87. The van der Waals surface area contributed by atoms with Gasteiger partial charge in [0.25, 0.3) is 0 Å². The Morgan fingerprint density at radius 1 is 0.800 bits per heavy atom. The summed E-state index contributed by atoms with van der Waals surface area (Å²) in [6, 6.07) is 0. The number of likely N-dealkylation sites (N-methyl/N-ethyl adjacent to an activating group) is 1. The summed E-state index contributed by atoms with van der Waals surface area (Å²) in [7, 11) is 0. The first kappa shape index (κ1) is 27.4. The standard InChI is InChI=1S/C27H53N2O/c1-3-5-6-7-8-9-10-11-12-13-14-15-16-17-18-19-20-21-22-27-28-23-24-29(27,4-2)25-26-30/h15-16,23,27,30H,3-14,17-22,24-26H2,1-2H3/q+1/b16-15+. The Morgan fingerprint density at radius 2 is 1.33 bits per heavy atom. The normalized spacial score (nSPS) is 21.2. The van der Waals surface area contributed by atoms with Gasteiger partial charge >= 0.3 is 0 Å². The van der Waals surface area contributed by atoms with Crippen LogP contribution < -0.4 is 0 Å². The number of aliphatic imine (C=N–C) groups is 1. The van der Waals surface area contributed by atoms with Crippen LogP contribution in [-0.2, 0) is 0 Å². The van der Waals surface area contributed by atoms with Crippen molar-refractivity contribution in [2.24, 2.45) is 4.99 Å². The second-order valence-electron chi connectivity index (χ2n) is 9.41. The van der Waals surface area contributed by atoms with Crippen LogP contribution >= 0.6 is 0 Å². The van der Waals surface area contributed by atoms with Gasteiger partial charge in [-0.25, -0.2) is 4.99 Å². The first-order valence-electron chi connectivity index (χ1n) is 13.4. The highest BCUT2D eigenvalue weighted by molar-refractivity contribution is 5.60. The van der Waals surface area contributed by atoms with Crippen molar-refractivity contribution in [1.29, 1.82) is 0 Å². The van der Waals surface area contributed by atoms with Crippen molar-refractivity contribution in [2.45, 2.75) is 129 Å². The molecule has 2 atom stereocenters. The highest BCUT2D eigenvalue weighted by Crippen LogP contribution is 2.24. The van der Waals surface area contributed by atoms with Gasteiger partial charge in [0, 0.05) is 6.42 Å². The van der Waals surface area contributed by atoms with Gasteiger partial charge in [0.1, 0.15) is 13.1 Å². The second kappa shape index (κ2) is 19.0. The first-order chi connectivity index (χ1) is 14.8. The van der Waals surface area contributed by atoms with Crippen molar-refractivity contribution in [3.63, 3.8) is 0 Å². The molecule has 1 rings (SSSR count). The number of hydrogen-bond acceptors (Lipinski definition) is 2. The highest BCUT2D eigenvalue weighted by atomic mass is 16.3. The van der Waals surface area contributed by atoms with E-state index in [1.807, 2.05) is 0 Å². The van der Waals surface area contributed by atoms with Crippen LogP contribution in [-0.4, -0.2) is 48.2 Å². The quantitative estimate of drug-likeness (QED) is 0.117. The summed E-state index contributed by atoms with van der Waals surface area (Å²) in [4.78, 5) is 4.72. The van der Waals surface area contributed by atoms with E-state index in [9.17, 15) is 5.11 Å². The molecule has 0 spiro atoms. The van der Waals surface area contributed by atoms with Crippen molar-refractivity contribution in [1.82, 2.24) is 0 Å². The summed E-state index contributed by atoms with van der Waals surface area (Å²) in [5, 5.41) is 9.39. The van der Waals surface area contributed by atoms with Crippen molar-refractivity contribution in [2.75, 3.05) is 26.2 Å². The third-order valence-electron chi connectivity index (χ3n) is 7.00. The minimum atomic E-state index is 0.277. The first-order valence-corrected chi connectivity index (χ1v) is 13.4. The zero-order valence-electron chi connectivity index (χ0n) is 20.5. The number of hydrogen-bond donors (Lipinski definition) is 1. The molecule has 0 aliphatic carbocycles. The summed E-state index contributed by atoms with van der Waals surface area (Å²) in [5.41, 5.74) is 0. The van der Waals surface area contributed by atoms with Crippen LogP contribution in [0.25, 0.3) is 0 Å². The lowest BCUT2D eigenvalue weighted by atomic mass is 10.1. The number of quaternary nitrogens is 1. The molecular weight excluding hydrogens is 368 g/mol. The zero-order chi connectivity index (χ0) is 21.8. The number of allylic oxidation sites excluding steroid dienone is 2. The molecule has 0 aromatic carbocycles. The Hall–Kier alpha value is -0.670. The molecule has 0 fully saturated rings. The van der Waals surface area contributed by atoms with E-state index < -0.39 is 0 Å². The van der Waals surface area contributed by atoms with Crippen LogP contribution in [0.4, 0.5) is 0 Å². The van der Waals surface area contributed by atoms with Gasteiger partial charge in [-0.05, 0) is 39.0 Å². The van der Waals surface area contributed by atoms with Gasteiger partial charge in [0.2, 0.25) is 0 Å². The fraction of sp³-hybridized carbons (Fsp3) is 0.889. The summed E-state index contributed by atoms with van der Waals surface area (Å²) < 4.78 is 0.970. The monoisotopic (exact) mass is 421 g/mol. The van der Waals surface area contributed by atoms with Crippen LogP contribution in [0, 0.1) is 0 Å². The molecule has 0 amide bonds.